The third-order valence-corrected chi connectivity index (χ3v) is 3.78. The molecule has 0 aliphatic carbocycles. The van der Waals surface area contributed by atoms with E-state index in [1.54, 1.807) is 25.6 Å². The number of nitrogens with two attached hydrogens (primary N) is 1. The SMILES string of the molecule is CC(C)(N)C(=O)Nc1ccccc1Sc1ccccc1. The van der Waals surface area contributed by atoms with Gasteiger partial charge in [0.1, 0.15) is 0 Å². The third kappa shape index (κ3) is 3.85. The number of carbonyl (C=O) groups is 1. The van der Waals surface area contributed by atoms with E-state index >= 15 is 0 Å². The first-order valence-electron chi connectivity index (χ1n) is 6.39. The zero-order chi connectivity index (χ0) is 14.6. The highest BCUT2D eigenvalue weighted by atomic mass is 32.2. The van der Waals surface area contributed by atoms with Crippen molar-refractivity contribution in [3.05, 3.63) is 54.6 Å². The van der Waals surface area contributed by atoms with Crippen LogP contribution in [0.15, 0.2) is 64.4 Å². The van der Waals surface area contributed by atoms with E-state index < -0.39 is 5.54 Å². The Morgan fingerprint density at radius 2 is 1.65 bits per heavy atom. The highest BCUT2D eigenvalue weighted by Crippen LogP contribution is 2.33. The summed E-state index contributed by atoms with van der Waals surface area (Å²) in [5, 5.41) is 2.89. The van der Waals surface area contributed by atoms with E-state index in [9.17, 15) is 4.79 Å². The van der Waals surface area contributed by atoms with Gasteiger partial charge in [-0.15, -0.1) is 0 Å². The molecule has 0 bridgehead atoms. The maximum absolute atomic E-state index is 12.0. The fourth-order valence-corrected chi connectivity index (χ4v) is 2.48. The van der Waals surface area contributed by atoms with Gasteiger partial charge in [0.05, 0.1) is 11.2 Å². The molecular weight excluding hydrogens is 268 g/mol. The number of hydrogen-bond donors (Lipinski definition) is 2. The quantitative estimate of drug-likeness (QED) is 0.904. The van der Waals surface area contributed by atoms with E-state index in [1.807, 2.05) is 54.6 Å². The Labute approximate surface area is 123 Å². The van der Waals surface area contributed by atoms with Crippen LogP contribution in [-0.2, 0) is 4.79 Å². The molecule has 20 heavy (non-hydrogen) atoms. The third-order valence-electron chi connectivity index (χ3n) is 2.69. The molecule has 1 amide bonds. The van der Waals surface area contributed by atoms with Crippen molar-refractivity contribution in [2.45, 2.75) is 29.2 Å². The van der Waals surface area contributed by atoms with Crippen molar-refractivity contribution in [1.82, 2.24) is 0 Å². The molecule has 3 nitrogen and oxygen atoms in total. The monoisotopic (exact) mass is 286 g/mol. The van der Waals surface area contributed by atoms with Crippen LogP contribution in [0.2, 0.25) is 0 Å². The highest BCUT2D eigenvalue weighted by molar-refractivity contribution is 7.99. The second-order valence-electron chi connectivity index (χ2n) is 5.09. The van der Waals surface area contributed by atoms with E-state index in [1.165, 1.54) is 0 Å². The van der Waals surface area contributed by atoms with Gasteiger partial charge in [-0.25, -0.2) is 0 Å². The molecule has 0 aliphatic rings. The summed E-state index contributed by atoms with van der Waals surface area (Å²) in [6.45, 7) is 3.38. The van der Waals surface area contributed by atoms with Gasteiger partial charge in [-0.05, 0) is 38.1 Å². The lowest BCUT2D eigenvalue weighted by Crippen LogP contribution is -2.45. The number of benzene rings is 2. The van der Waals surface area contributed by atoms with Crippen molar-refractivity contribution in [2.75, 3.05) is 5.32 Å². The van der Waals surface area contributed by atoms with Crippen molar-refractivity contribution in [2.24, 2.45) is 5.73 Å². The first-order chi connectivity index (χ1) is 9.47. The van der Waals surface area contributed by atoms with Crippen molar-refractivity contribution in [3.8, 4) is 0 Å². The maximum atomic E-state index is 12.0. The molecule has 2 aromatic rings. The molecule has 0 spiro atoms. The Morgan fingerprint density at radius 1 is 1.05 bits per heavy atom. The van der Waals surface area contributed by atoms with E-state index in [0.29, 0.717) is 0 Å². The summed E-state index contributed by atoms with van der Waals surface area (Å²) >= 11 is 1.61. The fraction of sp³-hybridized carbons (Fsp3) is 0.188. The summed E-state index contributed by atoms with van der Waals surface area (Å²) in [5.41, 5.74) is 5.69. The number of para-hydroxylation sites is 1. The number of rotatable bonds is 4. The lowest BCUT2D eigenvalue weighted by atomic mass is 10.1. The summed E-state index contributed by atoms with van der Waals surface area (Å²) in [4.78, 5) is 14.1. The first kappa shape index (κ1) is 14.6. The van der Waals surface area contributed by atoms with Crippen LogP contribution in [0.3, 0.4) is 0 Å². The van der Waals surface area contributed by atoms with Gasteiger partial charge in [0.15, 0.2) is 0 Å². The number of carbonyl (C=O) groups excluding carboxylic acids is 1. The Kier molecular flexibility index (Phi) is 4.47. The van der Waals surface area contributed by atoms with Crippen molar-refractivity contribution >= 4 is 23.4 Å². The van der Waals surface area contributed by atoms with Crippen molar-refractivity contribution in [1.29, 1.82) is 0 Å². The van der Waals surface area contributed by atoms with Gasteiger partial charge in [0.25, 0.3) is 0 Å². The molecule has 0 saturated carbocycles. The minimum absolute atomic E-state index is 0.196. The van der Waals surface area contributed by atoms with Gasteiger partial charge in [-0.2, -0.15) is 0 Å². The van der Waals surface area contributed by atoms with Crippen molar-refractivity contribution in [3.63, 3.8) is 0 Å². The van der Waals surface area contributed by atoms with Crippen molar-refractivity contribution < 1.29 is 4.79 Å². The summed E-state index contributed by atoms with van der Waals surface area (Å²) < 4.78 is 0. The van der Waals surface area contributed by atoms with E-state index in [0.717, 1.165) is 15.5 Å². The number of nitrogens with one attached hydrogen (secondary N) is 1. The molecule has 4 heteroatoms. The zero-order valence-corrected chi connectivity index (χ0v) is 12.4. The molecule has 104 valence electrons. The average Bonchev–Trinajstić information content (AvgIpc) is 2.41. The largest absolute Gasteiger partial charge is 0.323 e. The smallest absolute Gasteiger partial charge is 0.243 e. The standard InChI is InChI=1S/C16H18N2OS/c1-16(2,17)15(19)18-13-10-6-7-11-14(13)20-12-8-4-3-5-9-12/h3-11H,17H2,1-2H3,(H,18,19). The van der Waals surface area contributed by atoms with Crippen LogP contribution in [0, 0.1) is 0 Å². The summed E-state index contributed by atoms with van der Waals surface area (Å²) in [7, 11) is 0. The molecule has 0 radical (unpaired) electrons. The zero-order valence-electron chi connectivity index (χ0n) is 11.6. The lowest BCUT2D eigenvalue weighted by Gasteiger charge is -2.19. The summed E-state index contributed by atoms with van der Waals surface area (Å²) in [6, 6.07) is 17.8. The lowest BCUT2D eigenvalue weighted by molar-refractivity contribution is -0.120. The predicted octanol–water partition coefficient (Wildman–Crippen LogP) is 3.51. The molecule has 0 heterocycles. The topological polar surface area (TPSA) is 55.1 Å². The molecule has 0 aromatic heterocycles. The highest BCUT2D eigenvalue weighted by Gasteiger charge is 2.22. The second kappa shape index (κ2) is 6.11. The Bertz CT molecular complexity index is 591. The molecule has 0 atom stereocenters. The fourth-order valence-electron chi connectivity index (χ4n) is 1.56. The molecule has 2 aromatic carbocycles. The van der Waals surface area contributed by atoms with Gasteiger partial charge >= 0.3 is 0 Å². The predicted molar refractivity (Wildman–Crippen MR) is 83.9 cm³/mol. The first-order valence-corrected chi connectivity index (χ1v) is 7.21. The molecule has 2 rings (SSSR count). The van der Waals surface area contributed by atoms with E-state index in [4.69, 9.17) is 5.73 Å². The minimum Gasteiger partial charge on any atom is -0.323 e. The number of amides is 1. The summed E-state index contributed by atoms with van der Waals surface area (Å²) in [6.07, 6.45) is 0. The van der Waals surface area contributed by atoms with Gasteiger partial charge < -0.3 is 11.1 Å². The van der Waals surface area contributed by atoms with Gasteiger partial charge in [-0.3, -0.25) is 4.79 Å². The number of anilines is 1. The van der Waals surface area contributed by atoms with E-state index in [-0.39, 0.29) is 5.91 Å². The van der Waals surface area contributed by atoms with Crippen LogP contribution in [0.4, 0.5) is 5.69 Å². The average molecular weight is 286 g/mol. The Hall–Kier alpha value is -1.78. The maximum Gasteiger partial charge on any atom is 0.243 e. The molecule has 0 saturated heterocycles. The van der Waals surface area contributed by atoms with Gasteiger partial charge in [0.2, 0.25) is 5.91 Å². The Balaban J connectivity index is 2.21. The Morgan fingerprint density at radius 3 is 2.30 bits per heavy atom. The van der Waals surface area contributed by atoms with Crippen LogP contribution in [-0.4, -0.2) is 11.4 Å². The molecular formula is C16H18N2OS. The van der Waals surface area contributed by atoms with Crippen LogP contribution in [0.1, 0.15) is 13.8 Å². The normalized spacial score (nSPS) is 11.2. The minimum atomic E-state index is -0.898. The summed E-state index contributed by atoms with van der Waals surface area (Å²) in [5.74, 6) is -0.196. The van der Waals surface area contributed by atoms with E-state index in [2.05, 4.69) is 5.32 Å². The van der Waals surface area contributed by atoms with Crippen LogP contribution in [0.5, 0.6) is 0 Å². The van der Waals surface area contributed by atoms with Crippen LogP contribution >= 0.6 is 11.8 Å². The second-order valence-corrected chi connectivity index (χ2v) is 6.20. The van der Waals surface area contributed by atoms with Crippen LogP contribution < -0.4 is 11.1 Å². The molecule has 0 aliphatic heterocycles. The molecule has 0 unspecified atom stereocenters. The molecule has 0 fully saturated rings. The van der Waals surface area contributed by atoms with Gasteiger partial charge in [0, 0.05) is 9.79 Å². The molecule has 3 N–H and O–H groups in total. The van der Waals surface area contributed by atoms with Gasteiger partial charge in [-0.1, -0.05) is 42.1 Å². The number of hydrogen-bond acceptors (Lipinski definition) is 3. The van der Waals surface area contributed by atoms with Crippen LogP contribution in [0.25, 0.3) is 0 Å².